The van der Waals surface area contributed by atoms with Crippen molar-refractivity contribution in [2.24, 2.45) is 0 Å². The van der Waals surface area contributed by atoms with E-state index in [2.05, 4.69) is 21.4 Å². The number of rotatable bonds is 3. The first-order valence-electron chi connectivity index (χ1n) is 5.19. The zero-order chi connectivity index (χ0) is 13.0. The van der Waals surface area contributed by atoms with E-state index in [4.69, 9.17) is 22.6 Å². The van der Waals surface area contributed by atoms with Crippen LogP contribution in [0, 0.1) is 11.3 Å². The Bertz CT molecular complexity index is 588. The minimum absolute atomic E-state index is 0.229. The highest BCUT2D eigenvalue weighted by molar-refractivity contribution is 6.32. The largest absolute Gasteiger partial charge is 0.393 e. The van der Waals surface area contributed by atoms with Gasteiger partial charge in [0.05, 0.1) is 11.6 Å². The maximum Gasteiger partial charge on any atom is 0.157 e. The summed E-state index contributed by atoms with van der Waals surface area (Å²) in [6.45, 7) is 0.545. The number of hydrogen-bond donors (Lipinski definition) is 2. The molecule has 90 valence electrons. The molecule has 0 aliphatic heterocycles. The maximum atomic E-state index is 8.69. The summed E-state index contributed by atoms with van der Waals surface area (Å²) in [6.07, 6.45) is 1.35. The van der Waals surface area contributed by atoms with Crippen LogP contribution in [0.5, 0.6) is 0 Å². The van der Waals surface area contributed by atoms with Crippen molar-refractivity contribution in [3.8, 4) is 6.07 Å². The summed E-state index contributed by atoms with van der Waals surface area (Å²) in [7, 11) is 0. The van der Waals surface area contributed by atoms with Crippen LogP contribution in [-0.2, 0) is 6.54 Å². The first-order chi connectivity index (χ1) is 8.70. The zero-order valence-corrected chi connectivity index (χ0v) is 10.1. The lowest BCUT2D eigenvalue weighted by Gasteiger charge is -2.08. The normalized spacial score (nSPS) is 9.78. The van der Waals surface area contributed by atoms with Gasteiger partial charge < -0.3 is 11.1 Å². The van der Waals surface area contributed by atoms with Gasteiger partial charge in [0.1, 0.15) is 12.0 Å². The fourth-order valence-corrected chi connectivity index (χ4v) is 1.53. The number of nitriles is 1. The van der Waals surface area contributed by atoms with Crippen molar-refractivity contribution in [3.05, 3.63) is 46.9 Å². The van der Waals surface area contributed by atoms with Crippen LogP contribution < -0.4 is 11.1 Å². The molecule has 0 atom stereocenters. The molecule has 2 aromatic rings. The van der Waals surface area contributed by atoms with Gasteiger partial charge in [-0.3, -0.25) is 0 Å². The SMILES string of the molecule is N#Cc1ccc(CNc2ncnc(Cl)c2N)cc1. The molecule has 0 bridgehead atoms. The first kappa shape index (κ1) is 12.1. The van der Waals surface area contributed by atoms with Crippen molar-refractivity contribution in [3.63, 3.8) is 0 Å². The second kappa shape index (κ2) is 5.34. The summed E-state index contributed by atoms with van der Waals surface area (Å²) in [5.41, 5.74) is 7.70. The highest BCUT2D eigenvalue weighted by atomic mass is 35.5. The number of nitrogens with two attached hydrogens (primary N) is 1. The molecule has 0 saturated carbocycles. The Labute approximate surface area is 109 Å². The van der Waals surface area contributed by atoms with Crippen LogP contribution in [0.25, 0.3) is 0 Å². The Morgan fingerprint density at radius 2 is 2.00 bits per heavy atom. The molecular weight excluding hydrogens is 250 g/mol. The predicted octanol–water partition coefficient (Wildman–Crippen LogP) is 2.20. The van der Waals surface area contributed by atoms with E-state index in [1.165, 1.54) is 6.33 Å². The highest BCUT2D eigenvalue weighted by Gasteiger charge is 2.05. The summed E-state index contributed by atoms with van der Waals surface area (Å²) in [5, 5.41) is 12.0. The predicted molar refractivity (Wildman–Crippen MR) is 69.9 cm³/mol. The van der Waals surface area contributed by atoms with Gasteiger partial charge in [-0.1, -0.05) is 23.7 Å². The molecule has 1 heterocycles. The number of nitrogen functional groups attached to an aromatic ring is 1. The third-order valence-corrected chi connectivity index (χ3v) is 2.68. The van der Waals surface area contributed by atoms with Gasteiger partial charge in [0.2, 0.25) is 0 Å². The van der Waals surface area contributed by atoms with Crippen molar-refractivity contribution in [2.45, 2.75) is 6.54 Å². The second-order valence-corrected chi connectivity index (χ2v) is 3.95. The van der Waals surface area contributed by atoms with Gasteiger partial charge in [-0.25, -0.2) is 9.97 Å². The van der Waals surface area contributed by atoms with Crippen molar-refractivity contribution in [1.82, 2.24) is 9.97 Å². The summed E-state index contributed by atoms with van der Waals surface area (Å²) in [5.74, 6) is 0.499. The number of nitrogens with one attached hydrogen (secondary N) is 1. The third-order valence-electron chi connectivity index (χ3n) is 2.38. The molecule has 0 radical (unpaired) electrons. The third kappa shape index (κ3) is 2.67. The van der Waals surface area contributed by atoms with E-state index in [0.717, 1.165) is 5.56 Å². The number of hydrogen-bond acceptors (Lipinski definition) is 5. The molecule has 0 amide bonds. The lowest BCUT2D eigenvalue weighted by atomic mass is 10.1. The quantitative estimate of drug-likeness (QED) is 0.825. The number of aromatic nitrogens is 2. The van der Waals surface area contributed by atoms with E-state index in [-0.39, 0.29) is 5.15 Å². The molecule has 3 N–H and O–H groups in total. The van der Waals surface area contributed by atoms with E-state index in [0.29, 0.717) is 23.6 Å². The number of nitrogens with zero attached hydrogens (tertiary/aromatic N) is 3. The molecule has 5 nitrogen and oxygen atoms in total. The first-order valence-corrected chi connectivity index (χ1v) is 5.57. The Morgan fingerprint density at radius 3 is 2.67 bits per heavy atom. The van der Waals surface area contributed by atoms with Crippen LogP contribution in [0.4, 0.5) is 11.5 Å². The molecule has 0 spiro atoms. The van der Waals surface area contributed by atoms with Crippen LogP contribution in [0.15, 0.2) is 30.6 Å². The summed E-state index contributed by atoms with van der Waals surface area (Å²) < 4.78 is 0. The standard InChI is InChI=1S/C12H10ClN5/c13-11-10(15)12(18-7-17-11)16-6-9-3-1-8(5-14)2-4-9/h1-4,7H,6,15H2,(H,16,17,18). The minimum Gasteiger partial charge on any atom is -0.393 e. The zero-order valence-electron chi connectivity index (χ0n) is 9.39. The average Bonchev–Trinajstić information content (AvgIpc) is 2.41. The summed E-state index contributed by atoms with van der Waals surface area (Å²) >= 11 is 5.78. The molecule has 1 aromatic carbocycles. The molecule has 18 heavy (non-hydrogen) atoms. The van der Waals surface area contributed by atoms with Crippen molar-refractivity contribution in [1.29, 1.82) is 5.26 Å². The average molecular weight is 260 g/mol. The lowest BCUT2D eigenvalue weighted by molar-refractivity contribution is 1.08. The fourth-order valence-electron chi connectivity index (χ4n) is 1.40. The van der Waals surface area contributed by atoms with Crippen molar-refractivity contribution in [2.75, 3.05) is 11.1 Å². The monoisotopic (exact) mass is 259 g/mol. The van der Waals surface area contributed by atoms with Gasteiger partial charge in [0.25, 0.3) is 0 Å². The Kier molecular flexibility index (Phi) is 3.60. The summed E-state index contributed by atoms with van der Waals surface area (Å²) in [6, 6.07) is 9.31. The van der Waals surface area contributed by atoms with E-state index in [9.17, 15) is 0 Å². The van der Waals surface area contributed by atoms with Gasteiger partial charge in [-0.15, -0.1) is 0 Å². The van der Waals surface area contributed by atoms with Crippen LogP contribution in [-0.4, -0.2) is 9.97 Å². The number of benzene rings is 1. The van der Waals surface area contributed by atoms with E-state index in [1.807, 2.05) is 12.1 Å². The van der Waals surface area contributed by atoms with Crippen molar-refractivity contribution < 1.29 is 0 Å². The van der Waals surface area contributed by atoms with Gasteiger partial charge in [-0.05, 0) is 17.7 Å². The Morgan fingerprint density at radius 1 is 1.28 bits per heavy atom. The van der Waals surface area contributed by atoms with Crippen LogP contribution in [0.1, 0.15) is 11.1 Å². The van der Waals surface area contributed by atoms with E-state index < -0.39 is 0 Å². The molecule has 0 saturated heterocycles. The van der Waals surface area contributed by atoms with Gasteiger partial charge in [-0.2, -0.15) is 5.26 Å². The highest BCUT2D eigenvalue weighted by Crippen LogP contribution is 2.22. The molecule has 0 unspecified atom stereocenters. The van der Waals surface area contributed by atoms with Crippen LogP contribution in [0.3, 0.4) is 0 Å². The number of anilines is 2. The molecule has 1 aromatic heterocycles. The topological polar surface area (TPSA) is 87.6 Å². The fraction of sp³-hybridized carbons (Fsp3) is 0.0833. The van der Waals surface area contributed by atoms with Crippen molar-refractivity contribution >= 4 is 23.1 Å². The Hall–Kier alpha value is -2.32. The van der Waals surface area contributed by atoms with Gasteiger partial charge >= 0.3 is 0 Å². The molecule has 0 fully saturated rings. The maximum absolute atomic E-state index is 8.69. The smallest absolute Gasteiger partial charge is 0.157 e. The van der Waals surface area contributed by atoms with Gasteiger partial charge in [0, 0.05) is 6.54 Å². The molecule has 0 aliphatic rings. The molecular formula is C12H10ClN5. The van der Waals surface area contributed by atoms with Crippen LogP contribution >= 0.6 is 11.6 Å². The van der Waals surface area contributed by atoms with Gasteiger partial charge in [0.15, 0.2) is 11.0 Å². The molecule has 2 rings (SSSR count). The molecule has 6 heteroatoms. The minimum atomic E-state index is 0.229. The number of halogens is 1. The second-order valence-electron chi connectivity index (χ2n) is 3.59. The van der Waals surface area contributed by atoms with Crippen LogP contribution in [0.2, 0.25) is 5.15 Å². The molecule has 0 aliphatic carbocycles. The van der Waals surface area contributed by atoms with E-state index in [1.54, 1.807) is 12.1 Å². The lowest BCUT2D eigenvalue weighted by Crippen LogP contribution is -2.05. The van der Waals surface area contributed by atoms with E-state index >= 15 is 0 Å². The Balaban J connectivity index is 2.07. The summed E-state index contributed by atoms with van der Waals surface area (Å²) in [4.78, 5) is 7.77.